The maximum atomic E-state index is 13.4. The normalized spacial score (nSPS) is 13.2. The molecule has 156 valence electrons. The van der Waals surface area contributed by atoms with Crippen molar-refractivity contribution in [1.29, 1.82) is 0 Å². The summed E-state index contributed by atoms with van der Waals surface area (Å²) in [5, 5.41) is 0.746. The highest BCUT2D eigenvalue weighted by Gasteiger charge is 2.34. The Morgan fingerprint density at radius 1 is 1.07 bits per heavy atom. The third kappa shape index (κ3) is 4.46. The smallest absolute Gasteiger partial charge is 0.254 e. The van der Waals surface area contributed by atoms with Crippen LogP contribution in [0.3, 0.4) is 0 Å². The van der Waals surface area contributed by atoms with Crippen LogP contribution in [-0.4, -0.2) is 35.6 Å². The molecule has 0 radical (unpaired) electrons. The lowest BCUT2D eigenvalue weighted by Crippen LogP contribution is -2.33. The number of amides is 1. The Morgan fingerprint density at radius 2 is 1.77 bits per heavy atom. The number of carbonyl (C=O) groups excluding carboxylic acids is 1. The van der Waals surface area contributed by atoms with Crippen molar-refractivity contribution in [2.75, 3.05) is 14.2 Å². The fourth-order valence-electron chi connectivity index (χ4n) is 3.58. The van der Waals surface area contributed by atoms with Gasteiger partial charge in [0.1, 0.15) is 11.5 Å². The summed E-state index contributed by atoms with van der Waals surface area (Å²) in [7, 11) is 3.17. The zero-order valence-electron chi connectivity index (χ0n) is 17.2. The molecule has 1 amide bonds. The van der Waals surface area contributed by atoms with E-state index in [1.54, 1.807) is 32.4 Å². The summed E-state index contributed by atoms with van der Waals surface area (Å²) in [5.41, 5.74) is 2.70. The number of ether oxygens (including phenoxy) is 2. The quantitative estimate of drug-likeness (QED) is 0.510. The Balaban J connectivity index is 1.58. The van der Waals surface area contributed by atoms with E-state index in [-0.39, 0.29) is 11.9 Å². The molecule has 0 bridgehead atoms. The van der Waals surface area contributed by atoms with E-state index in [1.807, 2.05) is 41.4 Å². The largest absolute Gasteiger partial charge is 0.497 e. The van der Waals surface area contributed by atoms with Crippen molar-refractivity contribution in [3.05, 3.63) is 82.6 Å². The number of methoxy groups -OCH3 is 2. The molecule has 0 N–H and O–H groups in total. The van der Waals surface area contributed by atoms with Crippen LogP contribution in [-0.2, 0) is 13.1 Å². The summed E-state index contributed by atoms with van der Waals surface area (Å²) in [6.45, 7) is 1.21. The molecule has 1 aliphatic carbocycles. The van der Waals surface area contributed by atoms with Gasteiger partial charge in [0, 0.05) is 41.1 Å². The third-order valence-electron chi connectivity index (χ3n) is 5.40. The third-order valence-corrected chi connectivity index (χ3v) is 5.77. The molecule has 1 aromatic heterocycles. The Morgan fingerprint density at radius 3 is 2.40 bits per heavy atom. The van der Waals surface area contributed by atoms with Gasteiger partial charge in [-0.2, -0.15) is 0 Å². The predicted molar refractivity (Wildman–Crippen MR) is 117 cm³/mol. The molecular formula is C24H25ClN2O3. The molecule has 0 aliphatic heterocycles. The van der Waals surface area contributed by atoms with Crippen molar-refractivity contribution in [3.63, 3.8) is 0 Å². The topological polar surface area (TPSA) is 43.7 Å². The maximum Gasteiger partial charge on any atom is 0.254 e. The zero-order chi connectivity index (χ0) is 21.1. The van der Waals surface area contributed by atoms with E-state index < -0.39 is 0 Å². The van der Waals surface area contributed by atoms with E-state index in [9.17, 15) is 4.79 Å². The lowest BCUT2D eigenvalue weighted by Gasteiger charge is -2.24. The number of hydrogen-bond donors (Lipinski definition) is 0. The zero-order valence-corrected chi connectivity index (χ0v) is 17.9. The van der Waals surface area contributed by atoms with E-state index >= 15 is 0 Å². The Labute approximate surface area is 181 Å². The van der Waals surface area contributed by atoms with Crippen LogP contribution >= 0.6 is 11.6 Å². The molecular weight excluding hydrogens is 400 g/mol. The molecule has 5 nitrogen and oxygen atoms in total. The highest BCUT2D eigenvalue weighted by Crippen LogP contribution is 2.32. The van der Waals surface area contributed by atoms with E-state index in [1.165, 1.54) is 0 Å². The van der Waals surface area contributed by atoms with E-state index in [4.69, 9.17) is 21.1 Å². The standard InChI is InChI=1S/C24H25ClN2O3/c1-29-21-12-18(13-22(14-21)30-2)24(28)27(19-9-10-19)16-20-7-5-11-26(20)15-17-6-3-4-8-23(17)25/h3-8,11-14,19H,9-10,15-16H2,1-2H3. The first-order valence-electron chi connectivity index (χ1n) is 10.0. The molecule has 30 heavy (non-hydrogen) atoms. The van der Waals surface area contributed by atoms with Crippen LogP contribution < -0.4 is 9.47 Å². The molecule has 0 unspecified atom stereocenters. The van der Waals surface area contributed by atoms with Crippen molar-refractivity contribution < 1.29 is 14.3 Å². The van der Waals surface area contributed by atoms with Gasteiger partial charge >= 0.3 is 0 Å². The van der Waals surface area contributed by atoms with E-state index in [2.05, 4.69) is 10.6 Å². The lowest BCUT2D eigenvalue weighted by molar-refractivity contribution is 0.0725. The van der Waals surface area contributed by atoms with E-state index in [0.717, 1.165) is 29.1 Å². The predicted octanol–water partition coefficient (Wildman–Crippen LogP) is 5.01. The number of nitrogens with zero attached hydrogens (tertiary/aromatic N) is 2. The summed E-state index contributed by atoms with van der Waals surface area (Å²) >= 11 is 6.35. The molecule has 1 saturated carbocycles. The van der Waals surface area contributed by atoms with Crippen LogP contribution in [0.5, 0.6) is 11.5 Å². The second kappa shape index (κ2) is 8.84. The maximum absolute atomic E-state index is 13.4. The van der Waals surface area contributed by atoms with Crippen molar-refractivity contribution in [2.45, 2.75) is 32.0 Å². The average molecular weight is 425 g/mol. The minimum absolute atomic E-state index is 0.0137. The number of hydrogen-bond acceptors (Lipinski definition) is 3. The Kier molecular flexibility index (Phi) is 6.00. The second-order valence-electron chi connectivity index (χ2n) is 7.48. The molecule has 1 heterocycles. The van der Waals surface area contributed by atoms with Crippen LogP contribution in [0.25, 0.3) is 0 Å². The first kappa shape index (κ1) is 20.4. The van der Waals surface area contributed by atoms with Gasteiger partial charge in [-0.3, -0.25) is 4.79 Å². The Bertz CT molecular complexity index is 1020. The first-order valence-corrected chi connectivity index (χ1v) is 10.4. The number of carbonyl (C=O) groups is 1. The minimum atomic E-state index is -0.0137. The van der Waals surface area contributed by atoms with Gasteiger partial charge in [-0.15, -0.1) is 0 Å². The molecule has 0 atom stereocenters. The molecule has 0 saturated heterocycles. The fourth-order valence-corrected chi connectivity index (χ4v) is 3.78. The summed E-state index contributed by atoms with van der Waals surface area (Å²) < 4.78 is 12.8. The van der Waals surface area contributed by atoms with Crippen molar-refractivity contribution in [1.82, 2.24) is 9.47 Å². The van der Waals surface area contributed by atoms with Gasteiger partial charge in [0.05, 0.1) is 20.8 Å². The molecule has 3 aromatic rings. The minimum Gasteiger partial charge on any atom is -0.497 e. The molecule has 0 spiro atoms. The van der Waals surface area contributed by atoms with Crippen LogP contribution in [0, 0.1) is 0 Å². The lowest BCUT2D eigenvalue weighted by atomic mass is 10.1. The Hall–Kier alpha value is -2.92. The number of halogens is 1. The monoisotopic (exact) mass is 424 g/mol. The molecule has 4 rings (SSSR count). The van der Waals surface area contributed by atoms with Gasteiger partial charge < -0.3 is 18.9 Å². The second-order valence-corrected chi connectivity index (χ2v) is 7.89. The van der Waals surface area contributed by atoms with Crippen molar-refractivity contribution >= 4 is 17.5 Å². The molecule has 6 heteroatoms. The van der Waals surface area contributed by atoms with Crippen LogP contribution in [0.1, 0.15) is 34.5 Å². The highest BCUT2D eigenvalue weighted by atomic mass is 35.5. The summed E-state index contributed by atoms with van der Waals surface area (Å²) in [4.78, 5) is 15.3. The molecule has 2 aromatic carbocycles. The van der Waals surface area contributed by atoms with Crippen LogP contribution in [0.15, 0.2) is 60.8 Å². The molecule has 1 fully saturated rings. The summed E-state index contributed by atoms with van der Waals surface area (Å²) in [6, 6.07) is 17.5. The van der Waals surface area contributed by atoms with Crippen LogP contribution in [0.2, 0.25) is 5.02 Å². The van der Waals surface area contributed by atoms with Gasteiger partial charge in [0.15, 0.2) is 0 Å². The fraction of sp³-hybridized carbons (Fsp3) is 0.292. The van der Waals surface area contributed by atoms with Crippen LogP contribution in [0.4, 0.5) is 0 Å². The van der Waals surface area contributed by atoms with Crippen molar-refractivity contribution in [3.8, 4) is 11.5 Å². The summed E-state index contributed by atoms with van der Waals surface area (Å²) in [6.07, 6.45) is 4.08. The number of aromatic nitrogens is 1. The van der Waals surface area contributed by atoms with Gasteiger partial charge in [-0.05, 0) is 48.7 Å². The SMILES string of the molecule is COc1cc(OC)cc(C(=O)N(Cc2cccn2Cc2ccccc2Cl)C2CC2)c1. The van der Waals surface area contributed by atoms with Gasteiger partial charge in [-0.1, -0.05) is 29.8 Å². The van der Waals surface area contributed by atoms with Crippen molar-refractivity contribution in [2.24, 2.45) is 0 Å². The van der Waals surface area contributed by atoms with Gasteiger partial charge in [0.25, 0.3) is 5.91 Å². The summed E-state index contributed by atoms with van der Waals surface area (Å²) in [5.74, 6) is 1.20. The number of benzene rings is 2. The molecule has 1 aliphatic rings. The number of rotatable bonds is 8. The first-order chi connectivity index (χ1) is 14.6. The van der Waals surface area contributed by atoms with E-state index in [0.29, 0.717) is 30.2 Å². The van der Waals surface area contributed by atoms with Gasteiger partial charge in [-0.25, -0.2) is 0 Å². The average Bonchev–Trinajstić information content (AvgIpc) is 3.52. The van der Waals surface area contributed by atoms with Gasteiger partial charge in [0.2, 0.25) is 0 Å². The highest BCUT2D eigenvalue weighted by molar-refractivity contribution is 6.31.